The van der Waals surface area contributed by atoms with Crippen LogP contribution in [0.1, 0.15) is 75.9 Å². The van der Waals surface area contributed by atoms with Gasteiger partial charge in [-0.2, -0.15) is 0 Å². The number of benzene rings is 3. The van der Waals surface area contributed by atoms with Crippen molar-refractivity contribution in [3.63, 3.8) is 0 Å². The Morgan fingerprint density at radius 1 is 0.548 bits per heavy atom. The summed E-state index contributed by atoms with van der Waals surface area (Å²) in [6.07, 6.45) is 1.30. The van der Waals surface area contributed by atoms with Gasteiger partial charge in [-0.1, -0.05) is 85.0 Å². The minimum Gasteiger partial charge on any atom is -0.477 e. The maximum atomic E-state index is 12.3. The molecule has 0 saturated carbocycles. The van der Waals surface area contributed by atoms with Crippen LogP contribution in [-0.4, -0.2) is 46.9 Å². The monoisotopic (exact) mass is 965 g/mol. The molecule has 0 aliphatic carbocycles. The van der Waals surface area contributed by atoms with Gasteiger partial charge in [0.1, 0.15) is 16.7 Å². The third-order valence-corrected chi connectivity index (χ3v) is 11.6. The summed E-state index contributed by atoms with van der Waals surface area (Å²) in [5.74, 6) is -3.68. The van der Waals surface area contributed by atoms with Crippen LogP contribution in [-0.2, 0) is 33.0 Å². The summed E-state index contributed by atoms with van der Waals surface area (Å²) in [6, 6.07) is 23.2. The molecule has 0 aliphatic rings. The molecule has 0 fully saturated rings. The lowest BCUT2D eigenvalue weighted by Gasteiger charge is -2.19. The highest BCUT2D eigenvalue weighted by atomic mass is 79.9. The standard InChI is InChI=1S/C16H16ClNO3.C15H13BrClNO3.C15H14ClNO3/c1-3-12-9-13(19)14(16(20)21)15(18(12)4-2)10-5-7-11(17)8-6-10;1-3-18-8(2)12(16)14(19)11(15(20)21)13(18)9-4-6-10(17)7-5-9;1-3-11-8-12(18)13(15(19)20)14(17(11)2)9-4-6-10(16)7-5-9/h5-9H,3-4H2,1-2H3,(H,20,21);4-7H,3H2,1-2H3,(H,20,21);4-8H,3H2,1-2H3,(H,19,20). The lowest BCUT2D eigenvalue weighted by Crippen LogP contribution is -2.24. The highest BCUT2D eigenvalue weighted by Crippen LogP contribution is 2.29. The summed E-state index contributed by atoms with van der Waals surface area (Å²) < 4.78 is 5.69. The van der Waals surface area contributed by atoms with E-state index in [-0.39, 0.29) is 21.2 Å². The number of aryl methyl sites for hydroxylation is 2. The fourth-order valence-electron chi connectivity index (χ4n) is 7.01. The predicted molar refractivity (Wildman–Crippen MR) is 248 cm³/mol. The van der Waals surface area contributed by atoms with Gasteiger partial charge < -0.3 is 29.0 Å². The quantitative estimate of drug-likeness (QED) is 0.121. The topological polar surface area (TPSA) is 178 Å². The number of aromatic carboxylic acids is 3. The van der Waals surface area contributed by atoms with Crippen LogP contribution in [0.25, 0.3) is 33.8 Å². The smallest absolute Gasteiger partial charge is 0.341 e. The Kier molecular flexibility index (Phi) is 16.9. The van der Waals surface area contributed by atoms with Crippen LogP contribution >= 0.6 is 50.7 Å². The molecule has 0 unspecified atom stereocenters. The molecule has 0 bridgehead atoms. The minimum atomic E-state index is -1.24. The van der Waals surface area contributed by atoms with Gasteiger partial charge in [-0.05, 0) is 103 Å². The normalized spacial score (nSPS) is 10.6. The van der Waals surface area contributed by atoms with Crippen molar-refractivity contribution in [2.24, 2.45) is 7.05 Å². The molecule has 0 aliphatic heterocycles. The number of hydrogen-bond acceptors (Lipinski definition) is 6. The van der Waals surface area contributed by atoms with E-state index in [1.54, 1.807) is 95.9 Å². The van der Waals surface area contributed by atoms with Crippen LogP contribution in [0.15, 0.2) is 104 Å². The number of halogens is 4. The lowest BCUT2D eigenvalue weighted by molar-refractivity contribution is 0.0684. The van der Waals surface area contributed by atoms with E-state index in [2.05, 4.69) is 15.9 Å². The molecule has 0 spiro atoms. The number of rotatable bonds is 10. The van der Waals surface area contributed by atoms with E-state index in [4.69, 9.17) is 34.8 Å². The third-order valence-electron chi connectivity index (χ3n) is 9.95. The molecule has 3 aromatic heterocycles. The Hall–Kier alpha value is -5.73. The fraction of sp³-hybridized carbons (Fsp3) is 0.217. The molecule has 0 saturated heterocycles. The zero-order chi connectivity index (χ0) is 46.2. The summed E-state index contributed by atoms with van der Waals surface area (Å²) in [7, 11) is 1.76. The van der Waals surface area contributed by atoms with Crippen LogP contribution in [0, 0.1) is 6.92 Å². The van der Waals surface area contributed by atoms with Crippen LogP contribution < -0.4 is 16.3 Å². The summed E-state index contributed by atoms with van der Waals surface area (Å²) in [5.41, 5.74) is 3.39. The first-order chi connectivity index (χ1) is 29.3. The van der Waals surface area contributed by atoms with Crippen molar-refractivity contribution in [1.82, 2.24) is 13.7 Å². The average molecular weight is 968 g/mol. The van der Waals surface area contributed by atoms with Gasteiger partial charge in [0.25, 0.3) is 0 Å². The third kappa shape index (κ3) is 10.6. The maximum absolute atomic E-state index is 12.3. The van der Waals surface area contributed by atoms with Gasteiger partial charge in [0.15, 0.2) is 10.9 Å². The van der Waals surface area contributed by atoms with Crippen LogP contribution in [0.3, 0.4) is 0 Å². The van der Waals surface area contributed by atoms with Gasteiger partial charge in [-0.25, -0.2) is 14.4 Å². The van der Waals surface area contributed by atoms with E-state index in [0.717, 1.165) is 11.4 Å². The first-order valence-corrected chi connectivity index (χ1v) is 21.2. The highest BCUT2D eigenvalue weighted by molar-refractivity contribution is 9.10. The Bertz CT molecular complexity index is 2830. The Morgan fingerprint density at radius 3 is 1.24 bits per heavy atom. The molecule has 0 atom stereocenters. The van der Waals surface area contributed by atoms with E-state index >= 15 is 0 Å². The molecular weight excluding hydrogens is 925 g/mol. The second-order valence-electron chi connectivity index (χ2n) is 13.6. The number of carboxylic acids is 3. The Morgan fingerprint density at radius 2 is 0.887 bits per heavy atom. The maximum Gasteiger partial charge on any atom is 0.341 e. The molecule has 324 valence electrons. The molecule has 62 heavy (non-hydrogen) atoms. The second-order valence-corrected chi connectivity index (χ2v) is 15.7. The molecule has 3 heterocycles. The SMILES string of the molecule is CCc1cc(=O)c(C(=O)O)c(-c2ccc(Cl)cc2)n1C.CCc1cc(=O)c(C(=O)O)c(-c2ccc(Cl)cc2)n1CC.CCn1c(C)c(Br)c(=O)c(C(=O)O)c1-c1ccc(Cl)cc1. The van der Waals surface area contributed by atoms with E-state index in [0.29, 0.717) is 80.5 Å². The summed E-state index contributed by atoms with van der Waals surface area (Å²) >= 11 is 20.8. The Balaban J connectivity index is 0.000000205. The van der Waals surface area contributed by atoms with Gasteiger partial charge in [-0.3, -0.25) is 14.4 Å². The van der Waals surface area contributed by atoms with E-state index in [1.807, 2.05) is 32.3 Å². The largest absolute Gasteiger partial charge is 0.477 e. The van der Waals surface area contributed by atoms with Crippen LogP contribution in [0.4, 0.5) is 0 Å². The summed E-state index contributed by atoms with van der Waals surface area (Å²) in [4.78, 5) is 70.9. The van der Waals surface area contributed by atoms with Crippen molar-refractivity contribution >= 4 is 68.6 Å². The molecule has 0 amide bonds. The lowest BCUT2D eigenvalue weighted by atomic mass is 10.0. The highest BCUT2D eigenvalue weighted by Gasteiger charge is 2.25. The number of carbonyl (C=O) groups is 3. The van der Waals surface area contributed by atoms with Crippen molar-refractivity contribution in [3.05, 3.63) is 169 Å². The first-order valence-electron chi connectivity index (χ1n) is 19.2. The molecule has 6 aromatic rings. The summed E-state index contributed by atoms with van der Waals surface area (Å²) in [6.45, 7) is 10.6. The number of nitrogens with zero attached hydrogens (tertiary/aromatic N) is 3. The molecule has 3 N–H and O–H groups in total. The molecule has 16 heteroatoms. The van der Waals surface area contributed by atoms with E-state index in [1.165, 1.54) is 12.1 Å². The first kappa shape index (κ1) is 48.9. The number of aromatic nitrogens is 3. The second kappa shape index (κ2) is 21.4. The van der Waals surface area contributed by atoms with E-state index < -0.39 is 34.2 Å². The van der Waals surface area contributed by atoms with Crippen molar-refractivity contribution in [1.29, 1.82) is 0 Å². The molecule has 0 radical (unpaired) electrons. The zero-order valence-corrected chi connectivity index (χ0v) is 38.4. The predicted octanol–water partition coefficient (Wildman–Crippen LogP) is 10.4. The molecule has 12 nitrogen and oxygen atoms in total. The average Bonchev–Trinajstić information content (AvgIpc) is 3.23. The van der Waals surface area contributed by atoms with Crippen LogP contribution in [0.5, 0.6) is 0 Å². The van der Waals surface area contributed by atoms with Gasteiger partial charge in [0.05, 0.1) is 21.6 Å². The molecule has 6 rings (SSSR count). The summed E-state index contributed by atoms with van der Waals surface area (Å²) in [5, 5.41) is 29.8. The molecular formula is C46H43BrCl3N3O9. The van der Waals surface area contributed by atoms with Crippen molar-refractivity contribution in [2.75, 3.05) is 0 Å². The van der Waals surface area contributed by atoms with Crippen molar-refractivity contribution in [3.8, 4) is 33.8 Å². The van der Waals surface area contributed by atoms with Gasteiger partial charge in [-0.15, -0.1) is 0 Å². The zero-order valence-electron chi connectivity index (χ0n) is 34.6. The number of pyridine rings is 3. The minimum absolute atomic E-state index is 0.198. The number of hydrogen-bond donors (Lipinski definition) is 3. The van der Waals surface area contributed by atoms with Crippen molar-refractivity contribution in [2.45, 2.75) is 60.5 Å². The van der Waals surface area contributed by atoms with Crippen LogP contribution in [0.2, 0.25) is 15.1 Å². The Labute approximate surface area is 380 Å². The fourth-order valence-corrected chi connectivity index (χ4v) is 7.80. The van der Waals surface area contributed by atoms with Crippen molar-refractivity contribution < 1.29 is 29.7 Å². The van der Waals surface area contributed by atoms with Gasteiger partial charge in [0.2, 0.25) is 5.43 Å². The number of carboxylic acid groups (broad SMARTS) is 3. The van der Waals surface area contributed by atoms with E-state index in [9.17, 15) is 44.1 Å². The van der Waals surface area contributed by atoms with Gasteiger partial charge >= 0.3 is 17.9 Å². The molecule has 3 aromatic carbocycles. The van der Waals surface area contributed by atoms with Gasteiger partial charge in [0, 0.05) is 64.4 Å².